The van der Waals surface area contributed by atoms with Crippen LogP contribution in [-0.2, 0) is 21.9 Å². The van der Waals surface area contributed by atoms with E-state index in [4.69, 9.17) is 0 Å². The molecule has 1 atom stereocenters. The number of hydrogen-bond donors (Lipinski definition) is 2. The van der Waals surface area contributed by atoms with Gasteiger partial charge in [0, 0.05) is 24.4 Å². The van der Waals surface area contributed by atoms with Crippen molar-refractivity contribution in [2.45, 2.75) is 51.2 Å². The lowest BCUT2D eigenvalue weighted by atomic mass is 10.1. The van der Waals surface area contributed by atoms with Gasteiger partial charge < -0.3 is 10.6 Å². The van der Waals surface area contributed by atoms with Crippen LogP contribution in [0.4, 0.5) is 5.69 Å². The van der Waals surface area contributed by atoms with Crippen LogP contribution in [-0.4, -0.2) is 17.1 Å². The summed E-state index contributed by atoms with van der Waals surface area (Å²) in [5.41, 5.74) is 3.02. The molecule has 0 fully saturated rings. The average molecular weight is 399 g/mol. The van der Waals surface area contributed by atoms with Crippen LogP contribution in [0.1, 0.15) is 44.7 Å². The van der Waals surface area contributed by atoms with Gasteiger partial charge in [-0.2, -0.15) is 0 Å². The number of hydrogen-bond acceptors (Lipinski definition) is 3. The van der Waals surface area contributed by atoms with Gasteiger partial charge in [0.05, 0.1) is 5.25 Å². The van der Waals surface area contributed by atoms with Crippen molar-refractivity contribution < 1.29 is 9.59 Å². The third-order valence-corrected chi connectivity index (χ3v) is 5.94. The van der Waals surface area contributed by atoms with Crippen molar-refractivity contribution in [1.82, 2.24) is 5.32 Å². The highest BCUT2D eigenvalue weighted by molar-refractivity contribution is 7.99. The van der Waals surface area contributed by atoms with Crippen molar-refractivity contribution in [2.75, 3.05) is 5.32 Å². The number of amides is 2. The third kappa shape index (κ3) is 7.39. The first kappa shape index (κ1) is 22.0. The smallest absolute Gasteiger partial charge is 0.233 e. The molecule has 28 heavy (non-hydrogen) atoms. The molecule has 2 aromatic carbocycles. The summed E-state index contributed by atoms with van der Waals surface area (Å²) in [6.45, 7) is 6.62. The standard InChI is InChI=1S/C23H30N2O2S/c1-4-8-21(26)25-20-13-11-18(12-14-20)15-24-23(27)22(17(2)3)28-16-19-9-6-5-7-10-19/h5-7,9-14,17,22H,4,8,15-16H2,1-3H3,(H,24,27)(H,25,26). The number of thioether (sulfide) groups is 1. The Labute approximate surface area is 172 Å². The van der Waals surface area contributed by atoms with Gasteiger partial charge in [-0.25, -0.2) is 0 Å². The molecule has 2 amide bonds. The minimum atomic E-state index is -0.0900. The van der Waals surface area contributed by atoms with Crippen molar-refractivity contribution in [1.29, 1.82) is 0 Å². The quantitative estimate of drug-likeness (QED) is 0.592. The maximum Gasteiger partial charge on any atom is 0.233 e. The molecule has 0 saturated carbocycles. The van der Waals surface area contributed by atoms with Crippen molar-refractivity contribution in [2.24, 2.45) is 5.92 Å². The molecule has 5 heteroatoms. The maximum atomic E-state index is 12.7. The molecule has 2 rings (SSSR count). The summed E-state index contributed by atoms with van der Waals surface area (Å²) in [6, 6.07) is 17.8. The molecular weight excluding hydrogens is 368 g/mol. The number of carbonyl (C=O) groups excluding carboxylic acids is 2. The Hall–Kier alpha value is -2.27. The van der Waals surface area contributed by atoms with Gasteiger partial charge in [-0.15, -0.1) is 11.8 Å². The van der Waals surface area contributed by atoms with Crippen LogP contribution >= 0.6 is 11.8 Å². The summed E-state index contributed by atoms with van der Waals surface area (Å²) >= 11 is 1.68. The molecule has 150 valence electrons. The molecule has 0 aromatic heterocycles. The lowest BCUT2D eigenvalue weighted by Crippen LogP contribution is -2.35. The second kappa shape index (κ2) is 11.5. The van der Waals surface area contributed by atoms with E-state index in [1.165, 1.54) is 5.56 Å². The molecule has 2 aromatic rings. The molecule has 0 aliphatic heterocycles. The molecule has 0 aliphatic carbocycles. The fourth-order valence-corrected chi connectivity index (χ4v) is 3.96. The molecule has 4 nitrogen and oxygen atoms in total. The summed E-state index contributed by atoms with van der Waals surface area (Å²) in [5.74, 6) is 1.17. The first-order valence-electron chi connectivity index (χ1n) is 9.81. The summed E-state index contributed by atoms with van der Waals surface area (Å²) in [4.78, 5) is 24.3. The molecule has 0 aliphatic rings. The minimum Gasteiger partial charge on any atom is -0.351 e. The van der Waals surface area contributed by atoms with Gasteiger partial charge in [-0.05, 0) is 35.6 Å². The van der Waals surface area contributed by atoms with Crippen molar-refractivity contribution in [3.63, 3.8) is 0 Å². The van der Waals surface area contributed by atoms with Gasteiger partial charge in [0.25, 0.3) is 0 Å². The molecule has 0 heterocycles. The first-order chi connectivity index (χ1) is 13.5. The Morgan fingerprint density at radius 3 is 2.25 bits per heavy atom. The SMILES string of the molecule is CCCC(=O)Nc1ccc(CNC(=O)C(SCc2ccccc2)C(C)C)cc1. The van der Waals surface area contributed by atoms with Gasteiger partial charge in [0.1, 0.15) is 0 Å². The highest BCUT2D eigenvalue weighted by Crippen LogP contribution is 2.24. The van der Waals surface area contributed by atoms with Crippen LogP contribution in [0.5, 0.6) is 0 Å². The Morgan fingerprint density at radius 2 is 1.64 bits per heavy atom. The van der Waals surface area contributed by atoms with Gasteiger partial charge >= 0.3 is 0 Å². The number of anilines is 1. The van der Waals surface area contributed by atoms with E-state index in [0.717, 1.165) is 23.4 Å². The third-order valence-electron chi connectivity index (χ3n) is 4.32. The Kier molecular flexibility index (Phi) is 9.08. The van der Waals surface area contributed by atoms with Crippen LogP contribution in [0.25, 0.3) is 0 Å². The topological polar surface area (TPSA) is 58.2 Å². The largest absolute Gasteiger partial charge is 0.351 e. The van der Waals surface area contributed by atoms with E-state index in [9.17, 15) is 9.59 Å². The Morgan fingerprint density at radius 1 is 0.964 bits per heavy atom. The number of rotatable bonds is 10. The zero-order chi connectivity index (χ0) is 20.4. The van der Waals surface area contributed by atoms with E-state index in [1.807, 2.05) is 49.4 Å². The number of benzene rings is 2. The predicted molar refractivity (Wildman–Crippen MR) is 118 cm³/mol. The number of nitrogens with one attached hydrogen (secondary N) is 2. The molecule has 2 N–H and O–H groups in total. The highest BCUT2D eigenvalue weighted by atomic mass is 32.2. The first-order valence-corrected chi connectivity index (χ1v) is 10.9. The summed E-state index contributed by atoms with van der Waals surface area (Å²) in [6.07, 6.45) is 1.35. The van der Waals surface area contributed by atoms with E-state index >= 15 is 0 Å². The van der Waals surface area contributed by atoms with Crippen LogP contribution in [0, 0.1) is 5.92 Å². The van der Waals surface area contributed by atoms with E-state index in [1.54, 1.807) is 11.8 Å². The van der Waals surface area contributed by atoms with Crippen LogP contribution in [0.3, 0.4) is 0 Å². The van der Waals surface area contributed by atoms with E-state index in [0.29, 0.717) is 13.0 Å². The molecule has 1 unspecified atom stereocenters. The van der Waals surface area contributed by atoms with Gasteiger partial charge in [0.2, 0.25) is 11.8 Å². The van der Waals surface area contributed by atoms with E-state index in [-0.39, 0.29) is 23.0 Å². The monoisotopic (exact) mass is 398 g/mol. The van der Waals surface area contributed by atoms with E-state index < -0.39 is 0 Å². The van der Waals surface area contributed by atoms with Gasteiger partial charge in [0.15, 0.2) is 0 Å². The zero-order valence-corrected chi connectivity index (χ0v) is 17.7. The normalized spacial score (nSPS) is 11.9. The van der Waals surface area contributed by atoms with Crippen LogP contribution < -0.4 is 10.6 Å². The highest BCUT2D eigenvalue weighted by Gasteiger charge is 2.22. The van der Waals surface area contributed by atoms with Gasteiger partial charge in [-0.1, -0.05) is 63.2 Å². The van der Waals surface area contributed by atoms with Crippen molar-refractivity contribution >= 4 is 29.3 Å². The lowest BCUT2D eigenvalue weighted by molar-refractivity contribution is -0.121. The van der Waals surface area contributed by atoms with Gasteiger partial charge in [-0.3, -0.25) is 9.59 Å². The molecule has 0 radical (unpaired) electrons. The maximum absolute atomic E-state index is 12.7. The van der Waals surface area contributed by atoms with E-state index in [2.05, 4.69) is 36.6 Å². The Balaban J connectivity index is 1.85. The summed E-state index contributed by atoms with van der Waals surface area (Å²) in [7, 11) is 0. The molecule has 0 bridgehead atoms. The predicted octanol–water partition coefficient (Wildman–Crippen LogP) is 5.00. The molecule has 0 spiro atoms. The van der Waals surface area contributed by atoms with Crippen LogP contribution in [0.2, 0.25) is 0 Å². The second-order valence-corrected chi connectivity index (χ2v) is 8.30. The molecule has 0 saturated heterocycles. The fourth-order valence-electron chi connectivity index (χ4n) is 2.78. The minimum absolute atomic E-state index is 0.0266. The van der Waals surface area contributed by atoms with Crippen LogP contribution in [0.15, 0.2) is 54.6 Å². The Bertz CT molecular complexity index is 745. The lowest BCUT2D eigenvalue weighted by Gasteiger charge is -2.20. The summed E-state index contributed by atoms with van der Waals surface area (Å²) < 4.78 is 0. The summed E-state index contributed by atoms with van der Waals surface area (Å²) in [5, 5.41) is 5.83. The molecular formula is C23H30N2O2S. The number of carbonyl (C=O) groups is 2. The fraction of sp³-hybridized carbons (Fsp3) is 0.391. The zero-order valence-electron chi connectivity index (χ0n) is 16.9. The van der Waals surface area contributed by atoms with Crippen molar-refractivity contribution in [3.8, 4) is 0 Å². The average Bonchev–Trinajstić information content (AvgIpc) is 2.68. The van der Waals surface area contributed by atoms with Crippen molar-refractivity contribution in [3.05, 3.63) is 65.7 Å². The second-order valence-electron chi connectivity index (χ2n) is 7.17.